The van der Waals surface area contributed by atoms with E-state index in [9.17, 15) is 61.0 Å². The van der Waals surface area contributed by atoms with Gasteiger partial charge in [0.1, 0.15) is 73.2 Å². The van der Waals surface area contributed by atoms with E-state index >= 15 is 0 Å². The lowest BCUT2D eigenvalue weighted by Gasteiger charge is -2.48. The van der Waals surface area contributed by atoms with Gasteiger partial charge in [0.25, 0.3) is 0 Å². The largest absolute Gasteiger partial charge is 0.394 e. The quantitative estimate of drug-likeness (QED) is 0.0265. The van der Waals surface area contributed by atoms with Crippen molar-refractivity contribution in [2.45, 2.75) is 298 Å². The summed E-state index contributed by atoms with van der Waals surface area (Å²) in [6, 6.07) is -0.968. The fraction of sp³-hybridized carbons (Fsp3) is 0.850. The SMILES string of the molecule is CCC/C=C/C(O)C(COC1OC(CO)C(OC2OC(CO)C(OC3OC(CO)C(O)C(O)C3O)C(O)C2O)C(O)C1O)NC(=O)CCCCCCCCCCCCCCCCCC/C=C\C/C=C\C/C=C\CCCCCCC. The molecular weight excluding hydrogens is 1020 g/mol. The average molecular weight is 1130 g/mol. The van der Waals surface area contributed by atoms with Gasteiger partial charge in [0.05, 0.1) is 38.6 Å². The zero-order valence-corrected chi connectivity index (χ0v) is 47.8. The molecule has 19 nitrogen and oxygen atoms in total. The molecule has 0 spiro atoms. The number of hydrogen-bond acceptors (Lipinski definition) is 18. The Labute approximate surface area is 472 Å². The van der Waals surface area contributed by atoms with Crippen LogP contribution in [-0.4, -0.2) is 193 Å². The monoisotopic (exact) mass is 1130 g/mol. The van der Waals surface area contributed by atoms with Crippen LogP contribution in [0.5, 0.6) is 0 Å². The molecule has 17 atom stereocenters. The second kappa shape index (κ2) is 43.4. The van der Waals surface area contributed by atoms with E-state index in [1.807, 2.05) is 6.92 Å². The Kier molecular flexibility index (Phi) is 39.0. The number of aliphatic hydroxyl groups excluding tert-OH is 11. The number of allylic oxidation sites excluding steroid dienone is 7. The molecule has 0 aliphatic carbocycles. The fourth-order valence-corrected chi connectivity index (χ4v) is 10.1. The molecule has 0 radical (unpaired) electrons. The molecule has 3 saturated heterocycles. The number of carbonyl (C=O) groups excluding carboxylic acids is 1. The third-order valence-corrected chi connectivity index (χ3v) is 15.1. The molecule has 3 rings (SSSR count). The van der Waals surface area contributed by atoms with Crippen molar-refractivity contribution in [3.8, 4) is 0 Å². The van der Waals surface area contributed by atoms with Gasteiger partial charge in [-0.25, -0.2) is 0 Å². The summed E-state index contributed by atoms with van der Waals surface area (Å²) >= 11 is 0. The van der Waals surface area contributed by atoms with E-state index in [-0.39, 0.29) is 18.9 Å². The Bertz CT molecular complexity index is 1630. The molecule has 19 heteroatoms. The molecule has 12 N–H and O–H groups in total. The molecule has 0 aromatic heterocycles. The van der Waals surface area contributed by atoms with Crippen molar-refractivity contribution in [3.63, 3.8) is 0 Å². The second-order valence-corrected chi connectivity index (χ2v) is 21.8. The number of hydrogen-bond donors (Lipinski definition) is 12. The van der Waals surface area contributed by atoms with E-state index in [0.29, 0.717) is 12.8 Å². The number of rotatable bonds is 44. The minimum Gasteiger partial charge on any atom is -0.394 e. The molecule has 0 saturated carbocycles. The highest BCUT2D eigenvalue weighted by atomic mass is 16.8. The van der Waals surface area contributed by atoms with Gasteiger partial charge < -0.3 is 89.9 Å². The smallest absolute Gasteiger partial charge is 0.220 e. The summed E-state index contributed by atoms with van der Waals surface area (Å²) < 4.78 is 34.0. The maximum absolute atomic E-state index is 13.1. The number of aliphatic hydroxyl groups is 11. The molecule has 17 unspecified atom stereocenters. The van der Waals surface area contributed by atoms with E-state index in [2.05, 4.69) is 48.7 Å². The lowest BCUT2D eigenvalue weighted by molar-refractivity contribution is -0.379. The Morgan fingerprint density at radius 2 is 0.861 bits per heavy atom. The van der Waals surface area contributed by atoms with Crippen LogP contribution in [0.1, 0.15) is 194 Å². The highest BCUT2D eigenvalue weighted by molar-refractivity contribution is 5.76. The van der Waals surface area contributed by atoms with Gasteiger partial charge in [-0.3, -0.25) is 4.79 Å². The van der Waals surface area contributed by atoms with Gasteiger partial charge in [0.15, 0.2) is 18.9 Å². The van der Waals surface area contributed by atoms with Crippen molar-refractivity contribution >= 4 is 5.91 Å². The second-order valence-electron chi connectivity index (χ2n) is 21.8. The molecule has 0 bridgehead atoms. The Morgan fingerprint density at radius 1 is 0.456 bits per heavy atom. The number of ether oxygens (including phenoxy) is 6. The van der Waals surface area contributed by atoms with Gasteiger partial charge in [-0.15, -0.1) is 0 Å². The van der Waals surface area contributed by atoms with E-state index in [1.165, 1.54) is 122 Å². The zero-order valence-electron chi connectivity index (χ0n) is 47.8. The highest BCUT2D eigenvalue weighted by Crippen LogP contribution is 2.33. The minimum atomic E-state index is -1.98. The van der Waals surface area contributed by atoms with Crippen LogP contribution in [0.25, 0.3) is 0 Å². The molecule has 79 heavy (non-hydrogen) atoms. The molecule has 3 fully saturated rings. The third-order valence-electron chi connectivity index (χ3n) is 15.1. The Morgan fingerprint density at radius 3 is 1.33 bits per heavy atom. The van der Waals surface area contributed by atoms with Crippen molar-refractivity contribution in [1.82, 2.24) is 5.32 Å². The van der Waals surface area contributed by atoms with E-state index in [4.69, 9.17) is 28.4 Å². The first-order valence-corrected chi connectivity index (χ1v) is 30.4. The van der Waals surface area contributed by atoms with Gasteiger partial charge in [-0.1, -0.05) is 184 Å². The Balaban J connectivity index is 1.28. The zero-order chi connectivity index (χ0) is 57.6. The van der Waals surface area contributed by atoms with Gasteiger partial charge in [-0.2, -0.15) is 0 Å². The topological polar surface area (TPSA) is 307 Å². The van der Waals surface area contributed by atoms with Crippen molar-refractivity contribution in [3.05, 3.63) is 48.6 Å². The number of nitrogens with one attached hydrogen (secondary N) is 1. The predicted molar refractivity (Wildman–Crippen MR) is 300 cm³/mol. The molecule has 1 amide bonds. The van der Waals surface area contributed by atoms with Crippen LogP contribution >= 0.6 is 0 Å². The van der Waals surface area contributed by atoms with Crippen LogP contribution in [0.4, 0.5) is 0 Å². The summed E-state index contributed by atoms with van der Waals surface area (Å²) in [5.41, 5.74) is 0. The van der Waals surface area contributed by atoms with Gasteiger partial charge in [0, 0.05) is 6.42 Å². The molecule has 0 aromatic carbocycles. The first-order chi connectivity index (χ1) is 38.3. The maximum atomic E-state index is 13.1. The average Bonchev–Trinajstić information content (AvgIpc) is 3.50. The first-order valence-electron chi connectivity index (χ1n) is 30.4. The van der Waals surface area contributed by atoms with Crippen molar-refractivity contribution in [2.75, 3.05) is 26.4 Å². The van der Waals surface area contributed by atoms with Crippen molar-refractivity contribution in [2.24, 2.45) is 0 Å². The molecular formula is C60H107NO18. The summed E-state index contributed by atoms with van der Waals surface area (Å²) in [6.07, 6.45) is 22.5. The lowest BCUT2D eigenvalue weighted by atomic mass is 9.96. The standard InChI is InChI=1S/C60H107NO18/c1-3-5-7-8-9-10-11-12-13-14-15-16-17-18-19-20-21-22-23-24-25-26-27-28-29-30-31-32-33-34-36-38-48(66)61-43(44(65)37-35-6-4-2)42-74-58-54(72)51(69)56(46(40-63)76-58)79-60-55(73)52(70)57(47(41-64)77-60)78-59-53(71)50(68)49(67)45(39-62)75-59/h11-12,14-15,17-18,35,37,43-47,49-60,62-65,67-73H,3-10,13,16,19-34,36,38-42H2,1-2H3,(H,61,66)/b12-11-,15-14-,18-17-,37-35+. The fourth-order valence-electron chi connectivity index (χ4n) is 10.1. The van der Waals surface area contributed by atoms with Crippen LogP contribution in [0.2, 0.25) is 0 Å². The molecule has 3 heterocycles. The summed E-state index contributed by atoms with van der Waals surface area (Å²) in [4.78, 5) is 13.1. The van der Waals surface area contributed by atoms with E-state index in [1.54, 1.807) is 12.2 Å². The van der Waals surface area contributed by atoms with Crippen LogP contribution < -0.4 is 5.32 Å². The minimum absolute atomic E-state index is 0.240. The third kappa shape index (κ3) is 27.3. The van der Waals surface area contributed by atoms with Crippen LogP contribution in [0.15, 0.2) is 48.6 Å². The summed E-state index contributed by atoms with van der Waals surface area (Å²) in [5.74, 6) is -0.289. The molecule has 3 aliphatic rings. The highest BCUT2D eigenvalue weighted by Gasteiger charge is 2.53. The van der Waals surface area contributed by atoms with Gasteiger partial charge in [0.2, 0.25) is 5.91 Å². The Hall–Kier alpha value is -2.25. The molecule has 3 aliphatic heterocycles. The summed E-state index contributed by atoms with van der Waals surface area (Å²) in [6.45, 7) is 1.46. The number of carbonyl (C=O) groups is 1. The first kappa shape index (κ1) is 71.0. The lowest BCUT2D eigenvalue weighted by Crippen LogP contribution is -2.66. The van der Waals surface area contributed by atoms with Gasteiger partial charge in [-0.05, 0) is 51.4 Å². The number of amides is 1. The maximum Gasteiger partial charge on any atom is 0.220 e. The van der Waals surface area contributed by atoms with Gasteiger partial charge >= 0.3 is 0 Å². The number of unbranched alkanes of at least 4 members (excludes halogenated alkanes) is 22. The van der Waals surface area contributed by atoms with Crippen LogP contribution in [0, 0.1) is 0 Å². The van der Waals surface area contributed by atoms with Crippen LogP contribution in [0.3, 0.4) is 0 Å². The molecule has 0 aromatic rings. The molecule has 460 valence electrons. The van der Waals surface area contributed by atoms with E-state index in [0.717, 1.165) is 38.5 Å². The van der Waals surface area contributed by atoms with Crippen molar-refractivity contribution in [1.29, 1.82) is 0 Å². The van der Waals surface area contributed by atoms with Crippen molar-refractivity contribution < 1.29 is 89.4 Å². The summed E-state index contributed by atoms with van der Waals surface area (Å²) in [7, 11) is 0. The normalized spacial score (nSPS) is 30.6. The summed E-state index contributed by atoms with van der Waals surface area (Å²) in [5, 5.41) is 119. The predicted octanol–water partition coefficient (Wildman–Crippen LogP) is 5.48. The van der Waals surface area contributed by atoms with Crippen LogP contribution in [-0.2, 0) is 33.2 Å². The van der Waals surface area contributed by atoms with E-state index < -0.39 is 124 Å².